The first-order chi connectivity index (χ1) is 14.6. The number of anilines is 1. The molecule has 4 aromatic rings. The van der Waals surface area contributed by atoms with Gasteiger partial charge in [0.05, 0.1) is 6.54 Å². The van der Waals surface area contributed by atoms with Crippen LogP contribution >= 0.6 is 22.7 Å². The lowest BCUT2D eigenvalue weighted by atomic mass is 10.3. The smallest absolute Gasteiger partial charge is 0.248 e. The zero-order chi connectivity index (χ0) is 20.9. The van der Waals surface area contributed by atoms with Crippen molar-refractivity contribution in [3.63, 3.8) is 0 Å². The number of furan rings is 1. The minimum atomic E-state index is -0.197. The molecule has 0 radical (unpaired) electrons. The zero-order valence-corrected chi connectivity index (χ0v) is 17.5. The highest BCUT2D eigenvalue weighted by molar-refractivity contribution is 7.14. The topological polar surface area (TPSA) is 123 Å². The summed E-state index contributed by atoms with van der Waals surface area (Å²) in [6, 6.07) is 5.45. The highest BCUT2D eigenvalue weighted by atomic mass is 32.1. The Balaban J connectivity index is 1.29. The van der Waals surface area contributed by atoms with E-state index in [-0.39, 0.29) is 18.2 Å². The third-order valence-electron chi connectivity index (χ3n) is 3.98. The molecule has 4 heterocycles. The summed E-state index contributed by atoms with van der Waals surface area (Å²) >= 11 is 2.85. The summed E-state index contributed by atoms with van der Waals surface area (Å²) in [5.74, 6) is 1.73. The van der Waals surface area contributed by atoms with Crippen LogP contribution in [-0.2, 0) is 22.6 Å². The number of hydrogen-bond acceptors (Lipinski definition) is 9. The fraction of sp³-hybridized carbons (Fsp3) is 0.211. The molecule has 0 saturated heterocycles. The molecule has 0 aliphatic heterocycles. The van der Waals surface area contributed by atoms with Gasteiger partial charge in [-0.25, -0.2) is 4.98 Å². The van der Waals surface area contributed by atoms with Gasteiger partial charge in [0, 0.05) is 36.1 Å². The van der Waals surface area contributed by atoms with E-state index in [1.165, 1.54) is 18.3 Å². The second-order valence-corrected chi connectivity index (χ2v) is 7.91. The van der Waals surface area contributed by atoms with Crippen molar-refractivity contribution in [3.8, 4) is 22.9 Å². The second kappa shape index (κ2) is 9.01. The third kappa shape index (κ3) is 4.99. The molecule has 154 valence electrons. The van der Waals surface area contributed by atoms with E-state index < -0.39 is 0 Å². The number of nitrogens with zero attached hydrogens (tertiary/aromatic N) is 3. The van der Waals surface area contributed by atoms with Gasteiger partial charge >= 0.3 is 0 Å². The number of hydrogen-bond donors (Lipinski definition) is 2. The molecule has 0 fully saturated rings. The summed E-state index contributed by atoms with van der Waals surface area (Å²) in [5, 5.41) is 19.5. The maximum absolute atomic E-state index is 12.2. The van der Waals surface area contributed by atoms with E-state index in [4.69, 9.17) is 8.83 Å². The Kier molecular flexibility index (Phi) is 6.00. The van der Waals surface area contributed by atoms with Crippen molar-refractivity contribution in [2.75, 3.05) is 5.32 Å². The van der Waals surface area contributed by atoms with E-state index in [2.05, 4.69) is 25.8 Å². The van der Waals surface area contributed by atoms with Crippen LogP contribution in [0.5, 0.6) is 0 Å². The highest BCUT2D eigenvalue weighted by Crippen LogP contribution is 2.27. The Hall–Kier alpha value is -3.31. The molecule has 0 unspecified atom stereocenters. The van der Waals surface area contributed by atoms with Crippen LogP contribution < -0.4 is 10.6 Å². The predicted molar refractivity (Wildman–Crippen MR) is 112 cm³/mol. The van der Waals surface area contributed by atoms with Crippen LogP contribution in [0.15, 0.2) is 43.2 Å². The number of thiophene rings is 1. The van der Waals surface area contributed by atoms with Gasteiger partial charge in [-0.15, -0.1) is 21.5 Å². The number of rotatable bonds is 8. The van der Waals surface area contributed by atoms with E-state index >= 15 is 0 Å². The number of carbonyl (C=O) groups is 2. The summed E-state index contributed by atoms with van der Waals surface area (Å²) in [6.07, 6.45) is 0.535. The first-order valence-corrected chi connectivity index (χ1v) is 10.8. The number of amides is 2. The van der Waals surface area contributed by atoms with Crippen LogP contribution in [-0.4, -0.2) is 27.0 Å². The van der Waals surface area contributed by atoms with Crippen molar-refractivity contribution >= 4 is 39.6 Å². The molecular weight excluding hydrogens is 426 g/mol. The van der Waals surface area contributed by atoms with E-state index in [0.29, 0.717) is 47.1 Å². The Labute approximate surface area is 179 Å². The number of carbonyl (C=O) groups excluding carboxylic acids is 2. The number of aromatic nitrogens is 3. The zero-order valence-electron chi connectivity index (χ0n) is 15.9. The van der Waals surface area contributed by atoms with Gasteiger partial charge in [-0.2, -0.15) is 11.3 Å². The predicted octanol–water partition coefficient (Wildman–Crippen LogP) is 3.72. The lowest BCUT2D eigenvalue weighted by molar-refractivity contribution is -0.119. The van der Waals surface area contributed by atoms with E-state index in [0.717, 1.165) is 5.56 Å². The largest absolute Gasteiger partial charge is 0.458 e. The molecule has 0 aromatic carbocycles. The molecule has 0 spiro atoms. The van der Waals surface area contributed by atoms with Crippen LogP contribution in [0.2, 0.25) is 0 Å². The molecule has 9 nitrogen and oxygen atoms in total. The maximum Gasteiger partial charge on any atom is 0.248 e. The molecule has 30 heavy (non-hydrogen) atoms. The molecule has 0 bridgehead atoms. The molecule has 0 aliphatic rings. The van der Waals surface area contributed by atoms with Crippen molar-refractivity contribution in [2.24, 2.45) is 0 Å². The molecule has 11 heteroatoms. The van der Waals surface area contributed by atoms with Gasteiger partial charge in [0.15, 0.2) is 10.9 Å². The SMILES string of the molecule is CC(=O)NCc1ccc(-c2csc(NC(=O)CCc3nnc(-c4ccsc4)o3)n2)o1. The average molecular weight is 444 g/mol. The maximum atomic E-state index is 12.2. The van der Waals surface area contributed by atoms with Gasteiger partial charge in [0.2, 0.25) is 23.6 Å². The van der Waals surface area contributed by atoms with Crippen molar-refractivity contribution in [2.45, 2.75) is 26.3 Å². The van der Waals surface area contributed by atoms with E-state index in [1.54, 1.807) is 28.8 Å². The molecule has 2 amide bonds. The summed E-state index contributed by atoms with van der Waals surface area (Å²) in [7, 11) is 0. The van der Waals surface area contributed by atoms with Crippen LogP contribution in [0.1, 0.15) is 25.0 Å². The van der Waals surface area contributed by atoms with Gasteiger partial charge in [-0.1, -0.05) is 0 Å². The van der Waals surface area contributed by atoms with Crippen molar-refractivity contribution in [1.82, 2.24) is 20.5 Å². The minimum Gasteiger partial charge on any atom is -0.458 e. The van der Waals surface area contributed by atoms with Gasteiger partial charge in [0.1, 0.15) is 11.5 Å². The van der Waals surface area contributed by atoms with E-state index in [1.807, 2.05) is 16.8 Å². The molecule has 4 aromatic heterocycles. The normalized spacial score (nSPS) is 10.8. The average Bonchev–Trinajstić information content (AvgIpc) is 3.52. The Morgan fingerprint density at radius 1 is 1.13 bits per heavy atom. The lowest BCUT2D eigenvalue weighted by Gasteiger charge is -1.99. The highest BCUT2D eigenvalue weighted by Gasteiger charge is 2.14. The lowest BCUT2D eigenvalue weighted by Crippen LogP contribution is -2.18. The molecule has 4 rings (SSSR count). The Bertz CT molecular complexity index is 1150. The molecule has 0 saturated carbocycles. The summed E-state index contributed by atoms with van der Waals surface area (Å²) in [4.78, 5) is 27.6. The molecule has 0 aliphatic carbocycles. The van der Waals surface area contributed by atoms with Crippen LogP contribution in [0, 0.1) is 0 Å². The summed E-state index contributed by atoms with van der Waals surface area (Å²) in [6.45, 7) is 1.76. The van der Waals surface area contributed by atoms with Crippen molar-refractivity contribution in [1.29, 1.82) is 0 Å². The Morgan fingerprint density at radius 2 is 2.03 bits per heavy atom. The molecular formula is C19H17N5O4S2. The first-order valence-electron chi connectivity index (χ1n) is 9.00. The standard InChI is InChI=1S/C19H17N5O4S2/c1-11(25)20-8-13-2-3-15(27-13)14-10-30-19(21-14)22-16(26)4-5-17-23-24-18(28-17)12-6-7-29-9-12/h2-3,6-7,9-10H,4-5,8H2,1H3,(H,20,25)(H,21,22,26). The van der Waals surface area contributed by atoms with Gasteiger partial charge < -0.3 is 19.5 Å². The monoisotopic (exact) mass is 443 g/mol. The quantitative estimate of drug-likeness (QED) is 0.425. The van der Waals surface area contributed by atoms with Gasteiger partial charge in [-0.05, 0) is 23.6 Å². The second-order valence-electron chi connectivity index (χ2n) is 6.27. The minimum absolute atomic E-state index is 0.130. The van der Waals surface area contributed by atoms with Crippen LogP contribution in [0.3, 0.4) is 0 Å². The molecule has 0 atom stereocenters. The number of aryl methyl sites for hydroxylation is 1. The van der Waals surface area contributed by atoms with Crippen LogP contribution in [0.4, 0.5) is 5.13 Å². The fourth-order valence-corrected chi connectivity index (χ4v) is 3.87. The number of nitrogens with one attached hydrogen (secondary N) is 2. The molecule has 2 N–H and O–H groups in total. The fourth-order valence-electron chi connectivity index (χ4n) is 2.53. The van der Waals surface area contributed by atoms with E-state index in [9.17, 15) is 9.59 Å². The third-order valence-corrected chi connectivity index (χ3v) is 5.42. The Morgan fingerprint density at radius 3 is 2.83 bits per heavy atom. The van der Waals surface area contributed by atoms with Crippen molar-refractivity contribution < 1.29 is 18.4 Å². The summed E-state index contributed by atoms with van der Waals surface area (Å²) < 4.78 is 11.2. The van der Waals surface area contributed by atoms with Gasteiger partial charge in [0.25, 0.3) is 0 Å². The van der Waals surface area contributed by atoms with Crippen LogP contribution in [0.25, 0.3) is 22.9 Å². The van der Waals surface area contributed by atoms with Crippen molar-refractivity contribution in [3.05, 3.63) is 46.0 Å². The van der Waals surface area contributed by atoms with Gasteiger partial charge in [-0.3, -0.25) is 9.59 Å². The number of thiazole rings is 1. The summed E-state index contributed by atoms with van der Waals surface area (Å²) in [5.41, 5.74) is 1.48. The first kappa shape index (κ1) is 20.0.